The second-order valence-corrected chi connectivity index (χ2v) is 8.93. The van der Waals surface area contributed by atoms with Crippen LogP contribution < -0.4 is 16.1 Å². The predicted molar refractivity (Wildman–Crippen MR) is 140 cm³/mol. The maximum atomic E-state index is 13.0. The molecule has 4 aromatic rings. The van der Waals surface area contributed by atoms with Gasteiger partial charge in [0.1, 0.15) is 0 Å². The lowest BCUT2D eigenvalue weighted by atomic mass is 10.2. The van der Waals surface area contributed by atoms with E-state index in [1.54, 1.807) is 6.92 Å². The van der Waals surface area contributed by atoms with Crippen molar-refractivity contribution in [1.29, 1.82) is 0 Å². The van der Waals surface area contributed by atoms with E-state index in [1.165, 1.54) is 16.4 Å². The van der Waals surface area contributed by atoms with Gasteiger partial charge in [0.05, 0.1) is 11.4 Å². The zero-order valence-electron chi connectivity index (χ0n) is 20.0. The first-order chi connectivity index (χ1) is 17.4. The number of nitrogens with zero attached hydrogens (tertiary/aromatic N) is 7. The van der Waals surface area contributed by atoms with E-state index in [4.69, 9.17) is 10.4 Å². The number of thioether (sulfide) groups is 1. The van der Waals surface area contributed by atoms with E-state index < -0.39 is 5.91 Å². The highest BCUT2D eigenvalue weighted by Gasteiger charge is 2.24. The number of aromatic nitrogens is 5. The van der Waals surface area contributed by atoms with Crippen molar-refractivity contribution < 1.29 is 9.42 Å². The Labute approximate surface area is 212 Å². The Balaban J connectivity index is 1.50. The Bertz CT molecular complexity index is 1380. The predicted octanol–water partition coefficient (Wildman–Crippen LogP) is 3.41. The molecule has 1 amide bonds. The van der Waals surface area contributed by atoms with E-state index >= 15 is 0 Å². The summed E-state index contributed by atoms with van der Waals surface area (Å²) in [5.74, 6) is 0.0593. The maximum absolute atomic E-state index is 13.0. The average Bonchev–Trinajstić information content (AvgIpc) is 3.51. The van der Waals surface area contributed by atoms with Crippen molar-refractivity contribution in [2.45, 2.75) is 17.6 Å². The first-order valence-corrected chi connectivity index (χ1v) is 11.9. The lowest BCUT2D eigenvalue weighted by molar-refractivity contribution is 0.0949. The molecule has 2 aromatic heterocycles. The smallest absolute Gasteiger partial charge is 0.293 e. The highest BCUT2D eigenvalue weighted by atomic mass is 32.2. The summed E-state index contributed by atoms with van der Waals surface area (Å²) in [7, 11) is 3.98. The maximum Gasteiger partial charge on any atom is 0.293 e. The fourth-order valence-corrected chi connectivity index (χ4v) is 4.03. The van der Waals surface area contributed by atoms with Crippen LogP contribution in [0, 0.1) is 0 Å². The zero-order chi connectivity index (χ0) is 25.5. The molecule has 0 fully saturated rings. The molecule has 4 rings (SSSR count). The highest BCUT2D eigenvalue weighted by molar-refractivity contribution is 7.98. The minimum absolute atomic E-state index is 0.0374. The van der Waals surface area contributed by atoms with Crippen molar-refractivity contribution in [2.75, 3.05) is 24.7 Å². The number of benzene rings is 2. The van der Waals surface area contributed by atoms with Gasteiger partial charge in [0.25, 0.3) is 5.91 Å². The first-order valence-electron chi connectivity index (χ1n) is 10.9. The number of carbonyl (C=O) groups excluding carboxylic acids is 1. The van der Waals surface area contributed by atoms with Crippen LogP contribution in [0.5, 0.6) is 0 Å². The van der Waals surface area contributed by atoms with Crippen LogP contribution in [-0.2, 0) is 5.75 Å². The van der Waals surface area contributed by atoms with E-state index in [-0.39, 0.29) is 17.3 Å². The van der Waals surface area contributed by atoms with Gasteiger partial charge in [-0.1, -0.05) is 41.6 Å². The Morgan fingerprint density at radius 3 is 2.58 bits per heavy atom. The number of hydrogen-bond acceptors (Lipinski definition) is 10. The number of rotatable bonds is 9. The standard InChI is InChI=1S/C24H25N9O2S/c1-16(9-10-17-11-13-18(14-12-17)32(2)3)26-28-24(34)21-20(15-36-19-7-5-4-6-8-19)33(31-27-21)23-22(25)29-35-30-23/h4-14H,15H2,1-3H3,(H2,25,29)(H,28,34)/b10-9+,26-16-. The summed E-state index contributed by atoms with van der Waals surface area (Å²) in [6, 6.07) is 17.8. The third-order valence-corrected chi connectivity index (χ3v) is 6.08. The molecule has 3 N–H and O–H groups in total. The van der Waals surface area contributed by atoms with Crippen LogP contribution >= 0.6 is 11.8 Å². The molecule has 0 saturated heterocycles. The van der Waals surface area contributed by atoms with Gasteiger partial charge in [0.2, 0.25) is 11.6 Å². The van der Waals surface area contributed by atoms with Crippen LogP contribution in [0.15, 0.2) is 75.3 Å². The Hall–Kier alpha value is -4.45. The van der Waals surface area contributed by atoms with Gasteiger partial charge in [-0.3, -0.25) is 4.79 Å². The van der Waals surface area contributed by atoms with Gasteiger partial charge in [-0.2, -0.15) is 9.78 Å². The summed E-state index contributed by atoms with van der Waals surface area (Å²) < 4.78 is 6.05. The van der Waals surface area contributed by atoms with Crippen LogP contribution in [0.4, 0.5) is 11.5 Å². The summed E-state index contributed by atoms with van der Waals surface area (Å²) in [6.07, 6.45) is 3.73. The van der Waals surface area contributed by atoms with Crippen molar-refractivity contribution in [2.24, 2.45) is 5.10 Å². The van der Waals surface area contributed by atoms with E-state index in [0.717, 1.165) is 16.1 Å². The molecule has 0 atom stereocenters. The highest BCUT2D eigenvalue weighted by Crippen LogP contribution is 2.25. The van der Waals surface area contributed by atoms with Crippen LogP contribution in [-0.4, -0.2) is 51.0 Å². The molecule has 0 aliphatic heterocycles. The third-order valence-electron chi connectivity index (χ3n) is 5.05. The molecule has 0 spiro atoms. The minimum atomic E-state index is -0.511. The van der Waals surface area contributed by atoms with E-state index in [0.29, 0.717) is 17.2 Å². The lowest BCUT2D eigenvalue weighted by Crippen LogP contribution is -2.21. The number of hydrogen-bond donors (Lipinski definition) is 2. The average molecular weight is 504 g/mol. The molecule has 0 bridgehead atoms. The van der Waals surface area contributed by atoms with Gasteiger partial charge in [-0.25, -0.2) is 10.1 Å². The van der Waals surface area contributed by atoms with Crippen LogP contribution in [0.25, 0.3) is 11.9 Å². The number of nitrogens with two attached hydrogens (primary N) is 1. The minimum Gasteiger partial charge on any atom is -0.378 e. The molecule has 0 aliphatic carbocycles. The second-order valence-electron chi connectivity index (χ2n) is 7.88. The second kappa shape index (κ2) is 11.3. The molecule has 0 unspecified atom stereocenters. The number of nitrogen functional groups attached to an aromatic ring is 1. The van der Waals surface area contributed by atoms with Crippen LogP contribution in [0.3, 0.4) is 0 Å². The number of nitrogens with one attached hydrogen (secondary N) is 1. The van der Waals surface area contributed by atoms with Gasteiger partial charge in [0, 0.05) is 30.4 Å². The SMILES string of the molecule is CC(/C=C/c1ccc(N(C)C)cc1)=N/NC(=O)c1nnn(-c2nonc2N)c1CSc1ccccc1. The van der Waals surface area contributed by atoms with Gasteiger partial charge < -0.3 is 10.6 Å². The number of hydrazone groups is 1. The molecule has 2 aromatic carbocycles. The third kappa shape index (κ3) is 5.96. The van der Waals surface area contributed by atoms with Crippen molar-refractivity contribution >= 4 is 41.0 Å². The molecule has 36 heavy (non-hydrogen) atoms. The zero-order valence-corrected chi connectivity index (χ0v) is 20.8. The Kier molecular flexibility index (Phi) is 7.75. The van der Waals surface area contributed by atoms with Crippen molar-refractivity contribution in [1.82, 2.24) is 30.7 Å². The fraction of sp³-hybridized carbons (Fsp3) is 0.167. The van der Waals surface area contributed by atoms with E-state index in [9.17, 15) is 4.79 Å². The molecule has 12 heteroatoms. The largest absolute Gasteiger partial charge is 0.378 e. The first kappa shape index (κ1) is 24.7. The van der Waals surface area contributed by atoms with Gasteiger partial charge in [-0.15, -0.1) is 16.9 Å². The van der Waals surface area contributed by atoms with E-state index in [2.05, 4.69) is 31.2 Å². The van der Waals surface area contributed by atoms with Crippen molar-refractivity contribution in [3.63, 3.8) is 0 Å². The summed E-state index contributed by atoms with van der Waals surface area (Å²) in [6.45, 7) is 1.79. The van der Waals surface area contributed by atoms with Crippen LogP contribution in [0.2, 0.25) is 0 Å². The normalized spacial score (nSPS) is 11.7. The molecule has 0 radical (unpaired) electrons. The number of carbonyl (C=O) groups is 1. The van der Waals surface area contributed by atoms with Gasteiger partial charge in [0.15, 0.2) is 5.69 Å². The number of anilines is 2. The molecule has 0 aliphatic rings. The number of amides is 1. The Morgan fingerprint density at radius 2 is 1.92 bits per heavy atom. The molecule has 2 heterocycles. The van der Waals surface area contributed by atoms with Gasteiger partial charge in [-0.05, 0) is 53.1 Å². The quantitative estimate of drug-likeness (QED) is 0.200. The molecule has 0 saturated carbocycles. The van der Waals surface area contributed by atoms with Crippen molar-refractivity contribution in [3.8, 4) is 5.82 Å². The van der Waals surface area contributed by atoms with E-state index in [1.807, 2.05) is 85.7 Å². The number of allylic oxidation sites excluding steroid dienone is 1. The fourth-order valence-electron chi connectivity index (χ4n) is 3.11. The summed E-state index contributed by atoms with van der Waals surface area (Å²) in [4.78, 5) is 16.0. The van der Waals surface area contributed by atoms with Crippen molar-refractivity contribution in [3.05, 3.63) is 77.6 Å². The molecule has 184 valence electrons. The molecular formula is C24H25N9O2S. The topological polar surface area (TPSA) is 140 Å². The molecular weight excluding hydrogens is 478 g/mol. The summed E-state index contributed by atoms with van der Waals surface area (Å²) in [5, 5.41) is 19.7. The Morgan fingerprint density at radius 1 is 1.17 bits per heavy atom. The summed E-state index contributed by atoms with van der Waals surface area (Å²) >= 11 is 1.51. The summed E-state index contributed by atoms with van der Waals surface area (Å²) in [5.41, 5.74) is 11.7. The monoisotopic (exact) mass is 503 g/mol. The lowest BCUT2D eigenvalue weighted by Gasteiger charge is -2.11. The molecule has 11 nitrogen and oxygen atoms in total. The van der Waals surface area contributed by atoms with Crippen LogP contribution in [0.1, 0.15) is 28.7 Å². The van der Waals surface area contributed by atoms with Gasteiger partial charge >= 0.3 is 0 Å².